The van der Waals surface area contributed by atoms with Crippen LogP contribution in [0.1, 0.15) is 17.2 Å². The van der Waals surface area contributed by atoms with E-state index in [9.17, 15) is 13.2 Å². The molecule has 1 atom stereocenters. The Bertz CT molecular complexity index is 584. The number of hydrogen-bond donors (Lipinski definition) is 2. The number of benzene rings is 2. The van der Waals surface area contributed by atoms with Crippen LogP contribution in [0.2, 0.25) is 5.02 Å². The van der Waals surface area contributed by atoms with E-state index in [1.165, 1.54) is 18.2 Å². The molecule has 0 aliphatic rings. The Morgan fingerprint density at radius 2 is 1.79 bits per heavy atom. The Labute approximate surface area is 113 Å². The summed E-state index contributed by atoms with van der Waals surface area (Å²) in [5, 5.41) is 0.0756. The van der Waals surface area contributed by atoms with Crippen molar-refractivity contribution in [1.82, 2.24) is 5.43 Å². The zero-order chi connectivity index (χ0) is 14.0. The van der Waals surface area contributed by atoms with E-state index >= 15 is 0 Å². The van der Waals surface area contributed by atoms with Crippen LogP contribution in [-0.2, 0) is 0 Å². The van der Waals surface area contributed by atoms with Gasteiger partial charge in [0.15, 0.2) is 0 Å². The van der Waals surface area contributed by atoms with Crippen LogP contribution >= 0.6 is 11.6 Å². The van der Waals surface area contributed by atoms with Crippen LogP contribution in [0.5, 0.6) is 0 Å². The van der Waals surface area contributed by atoms with Gasteiger partial charge in [-0.1, -0.05) is 17.7 Å². The number of nitrogens with one attached hydrogen (secondary N) is 1. The maximum atomic E-state index is 13.8. The zero-order valence-corrected chi connectivity index (χ0v) is 10.4. The van der Waals surface area contributed by atoms with Crippen molar-refractivity contribution >= 4 is 11.6 Å². The molecule has 0 aliphatic heterocycles. The van der Waals surface area contributed by atoms with Gasteiger partial charge in [0.05, 0.1) is 6.04 Å². The summed E-state index contributed by atoms with van der Waals surface area (Å²) in [4.78, 5) is 0. The first-order valence-corrected chi connectivity index (χ1v) is 5.77. The average Bonchev–Trinajstić information content (AvgIpc) is 2.37. The van der Waals surface area contributed by atoms with Gasteiger partial charge in [-0.05, 0) is 30.3 Å². The van der Waals surface area contributed by atoms with Crippen LogP contribution in [0.15, 0.2) is 36.4 Å². The molecule has 2 aromatic rings. The van der Waals surface area contributed by atoms with Crippen molar-refractivity contribution < 1.29 is 13.2 Å². The van der Waals surface area contributed by atoms with E-state index < -0.39 is 23.5 Å². The fraction of sp³-hybridized carbons (Fsp3) is 0.0769. The van der Waals surface area contributed by atoms with Gasteiger partial charge in [0.25, 0.3) is 0 Å². The Hall–Kier alpha value is -1.56. The number of hydrazine groups is 1. The van der Waals surface area contributed by atoms with Gasteiger partial charge in [0.2, 0.25) is 0 Å². The van der Waals surface area contributed by atoms with Crippen molar-refractivity contribution in [1.29, 1.82) is 0 Å². The number of nitrogens with two attached hydrogens (primary N) is 1. The third-order valence-corrected chi connectivity index (χ3v) is 3.05. The zero-order valence-electron chi connectivity index (χ0n) is 9.63. The molecule has 0 amide bonds. The van der Waals surface area contributed by atoms with Crippen LogP contribution in [0, 0.1) is 17.5 Å². The summed E-state index contributed by atoms with van der Waals surface area (Å²) in [6, 6.07) is 5.81. The van der Waals surface area contributed by atoms with Crippen LogP contribution in [0.25, 0.3) is 0 Å². The van der Waals surface area contributed by atoms with Gasteiger partial charge < -0.3 is 0 Å². The molecule has 2 aromatic carbocycles. The molecule has 19 heavy (non-hydrogen) atoms. The molecule has 0 aliphatic carbocycles. The lowest BCUT2D eigenvalue weighted by molar-refractivity contribution is 0.523. The summed E-state index contributed by atoms with van der Waals surface area (Å²) in [5.74, 6) is 3.32. The van der Waals surface area contributed by atoms with E-state index in [1.54, 1.807) is 0 Å². The minimum absolute atomic E-state index is 0.0313. The molecule has 0 aromatic heterocycles. The van der Waals surface area contributed by atoms with Crippen molar-refractivity contribution in [2.75, 3.05) is 0 Å². The van der Waals surface area contributed by atoms with Gasteiger partial charge in [-0.3, -0.25) is 5.84 Å². The highest BCUT2D eigenvalue weighted by Gasteiger charge is 2.23. The lowest BCUT2D eigenvalue weighted by atomic mass is 9.98. The highest BCUT2D eigenvalue weighted by atomic mass is 35.5. The van der Waals surface area contributed by atoms with Crippen LogP contribution < -0.4 is 11.3 Å². The molecule has 0 bridgehead atoms. The van der Waals surface area contributed by atoms with Gasteiger partial charge in [0, 0.05) is 16.1 Å². The minimum Gasteiger partial charge on any atom is -0.271 e. The molecule has 0 saturated carbocycles. The maximum Gasteiger partial charge on any atom is 0.129 e. The Balaban J connectivity index is 2.59. The molecule has 6 heteroatoms. The lowest BCUT2D eigenvalue weighted by Gasteiger charge is -2.19. The Morgan fingerprint density at radius 1 is 1.05 bits per heavy atom. The van der Waals surface area contributed by atoms with Gasteiger partial charge in [-0.2, -0.15) is 0 Å². The van der Waals surface area contributed by atoms with E-state index in [1.807, 2.05) is 0 Å². The first-order chi connectivity index (χ1) is 9.04. The number of halogens is 4. The molecule has 2 rings (SSSR count). The fourth-order valence-corrected chi connectivity index (χ4v) is 2.12. The van der Waals surface area contributed by atoms with E-state index in [2.05, 4.69) is 5.43 Å². The molecule has 0 saturated heterocycles. The second-order valence-electron chi connectivity index (χ2n) is 3.90. The Morgan fingerprint density at radius 3 is 2.42 bits per heavy atom. The highest BCUT2D eigenvalue weighted by molar-refractivity contribution is 6.31. The summed E-state index contributed by atoms with van der Waals surface area (Å²) in [6.45, 7) is 0. The lowest BCUT2D eigenvalue weighted by Crippen LogP contribution is -2.30. The largest absolute Gasteiger partial charge is 0.271 e. The molecule has 2 nitrogen and oxygen atoms in total. The fourth-order valence-electron chi connectivity index (χ4n) is 1.85. The smallest absolute Gasteiger partial charge is 0.129 e. The quantitative estimate of drug-likeness (QED) is 0.671. The van der Waals surface area contributed by atoms with Gasteiger partial charge >= 0.3 is 0 Å². The summed E-state index contributed by atoms with van der Waals surface area (Å²) < 4.78 is 40.7. The molecule has 3 N–H and O–H groups in total. The third kappa shape index (κ3) is 2.73. The molecule has 100 valence electrons. The summed E-state index contributed by atoms with van der Waals surface area (Å²) in [5.41, 5.74) is 2.11. The van der Waals surface area contributed by atoms with Crippen LogP contribution in [0.3, 0.4) is 0 Å². The molecule has 1 unspecified atom stereocenters. The summed E-state index contributed by atoms with van der Waals surface area (Å²) in [6.07, 6.45) is 0. The van der Waals surface area contributed by atoms with Crippen LogP contribution in [0.4, 0.5) is 13.2 Å². The van der Waals surface area contributed by atoms with Crippen molar-refractivity contribution in [3.8, 4) is 0 Å². The van der Waals surface area contributed by atoms with E-state index in [4.69, 9.17) is 17.4 Å². The first kappa shape index (κ1) is 13.9. The molecule has 0 heterocycles. The second kappa shape index (κ2) is 5.61. The average molecular weight is 287 g/mol. The molecule has 0 fully saturated rings. The van der Waals surface area contributed by atoms with Crippen LogP contribution in [-0.4, -0.2) is 0 Å². The second-order valence-corrected chi connectivity index (χ2v) is 4.31. The van der Waals surface area contributed by atoms with Gasteiger partial charge in [0.1, 0.15) is 17.5 Å². The standard InChI is InChI=1S/C13H10ClF3N2/c14-9-2-1-3-11(17)12(9)13(19-18)8-6-7(15)4-5-10(8)16/h1-6,13,19H,18H2. The van der Waals surface area contributed by atoms with Gasteiger partial charge in [-0.25, -0.2) is 18.6 Å². The van der Waals surface area contributed by atoms with Crippen molar-refractivity contribution in [2.24, 2.45) is 5.84 Å². The predicted molar refractivity (Wildman–Crippen MR) is 66.9 cm³/mol. The number of rotatable bonds is 3. The van der Waals surface area contributed by atoms with Crippen molar-refractivity contribution in [2.45, 2.75) is 6.04 Å². The first-order valence-electron chi connectivity index (χ1n) is 5.39. The van der Waals surface area contributed by atoms with Crippen molar-refractivity contribution in [3.63, 3.8) is 0 Å². The monoisotopic (exact) mass is 286 g/mol. The molecule has 0 radical (unpaired) electrons. The molecular weight excluding hydrogens is 277 g/mol. The molecular formula is C13H10ClF3N2. The SMILES string of the molecule is NNC(c1cc(F)ccc1F)c1c(F)cccc1Cl. The van der Waals surface area contributed by atoms with Crippen molar-refractivity contribution in [3.05, 3.63) is 70.0 Å². The summed E-state index contributed by atoms with van der Waals surface area (Å²) >= 11 is 5.89. The normalized spacial score (nSPS) is 12.5. The minimum atomic E-state index is -1.08. The maximum absolute atomic E-state index is 13.8. The third-order valence-electron chi connectivity index (χ3n) is 2.72. The van der Waals surface area contributed by atoms with E-state index in [0.717, 1.165) is 18.2 Å². The topological polar surface area (TPSA) is 38.0 Å². The summed E-state index contributed by atoms with van der Waals surface area (Å²) in [7, 11) is 0. The van der Waals surface area contributed by atoms with E-state index in [0.29, 0.717) is 0 Å². The highest BCUT2D eigenvalue weighted by Crippen LogP contribution is 2.31. The van der Waals surface area contributed by atoms with E-state index in [-0.39, 0.29) is 16.1 Å². The predicted octanol–water partition coefficient (Wildman–Crippen LogP) is 3.31. The number of hydrogen-bond acceptors (Lipinski definition) is 2. The molecule has 0 spiro atoms. The Kier molecular flexibility index (Phi) is 4.09. The van der Waals surface area contributed by atoms with Gasteiger partial charge in [-0.15, -0.1) is 0 Å².